The number of hydrogen-bond acceptors (Lipinski definition) is 5. The van der Waals surface area contributed by atoms with Gasteiger partial charge in [-0.25, -0.2) is 8.42 Å². The smallest absolute Gasteiger partial charge is 0.241 e. The number of benzene rings is 3. The minimum atomic E-state index is -3.90. The van der Waals surface area contributed by atoms with Gasteiger partial charge >= 0.3 is 0 Å². The molecule has 0 saturated carbocycles. The van der Waals surface area contributed by atoms with Gasteiger partial charge in [0.15, 0.2) is 0 Å². The molecule has 2 unspecified atom stereocenters. The number of hydrogen-bond donors (Lipinski definition) is 3. The maximum absolute atomic E-state index is 14.0. The van der Waals surface area contributed by atoms with Gasteiger partial charge in [-0.3, -0.25) is 20.0 Å². The Morgan fingerprint density at radius 3 is 1.76 bits per heavy atom. The van der Waals surface area contributed by atoms with Gasteiger partial charge in [0.1, 0.15) is 11.8 Å². The molecule has 1 heterocycles. The first-order chi connectivity index (χ1) is 17.7. The van der Waals surface area contributed by atoms with Gasteiger partial charge in [-0.15, -0.1) is 0 Å². The second kappa shape index (κ2) is 11.5. The van der Waals surface area contributed by atoms with Crippen molar-refractivity contribution in [2.75, 3.05) is 10.8 Å². The maximum atomic E-state index is 14.0. The van der Waals surface area contributed by atoms with Crippen LogP contribution in [0.2, 0.25) is 0 Å². The Labute approximate surface area is 220 Å². The Morgan fingerprint density at radius 2 is 1.30 bits per heavy atom. The average molecular weight is 521 g/mol. The molecule has 4 rings (SSSR count). The highest BCUT2D eigenvalue weighted by Gasteiger charge is 2.44. The molecule has 2 atom stereocenters. The van der Waals surface area contributed by atoms with Crippen LogP contribution in [0.4, 0.5) is 5.69 Å². The molecule has 1 aliphatic heterocycles. The minimum absolute atomic E-state index is 0.309. The first-order valence-electron chi connectivity index (χ1n) is 12.7. The van der Waals surface area contributed by atoms with Crippen molar-refractivity contribution >= 4 is 21.6 Å². The molecule has 0 aromatic heterocycles. The molecule has 3 aromatic carbocycles. The van der Waals surface area contributed by atoms with Gasteiger partial charge in [0.2, 0.25) is 15.9 Å². The summed E-state index contributed by atoms with van der Waals surface area (Å²) < 4.78 is 29.3. The van der Waals surface area contributed by atoms with Gasteiger partial charge in [0.25, 0.3) is 0 Å². The first-order valence-corrected chi connectivity index (χ1v) is 14.2. The van der Waals surface area contributed by atoms with Crippen LogP contribution in [-0.4, -0.2) is 38.2 Å². The van der Waals surface area contributed by atoms with Gasteiger partial charge in [-0.05, 0) is 48.6 Å². The van der Waals surface area contributed by atoms with E-state index in [1.54, 1.807) is 12.1 Å². The molecule has 0 spiro atoms. The molecule has 37 heavy (non-hydrogen) atoms. The molecule has 0 bridgehead atoms. The van der Waals surface area contributed by atoms with Gasteiger partial charge < -0.3 is 5.32 Å². The number of sulfonamides is 1. The Morgan fingerprint density at radius 1 is 0.811 bits per heavy atom. The summed E-state index contributed by atoms with van der Waals surface area (Å²) in [6.45, 7) is 7.52. The lowest BCUT2D eigenvalue weighted by Gasteiger charge is -2.31. The molecule has 0 aliphatic carbocycles. The molecule has 3 N–H and O–H groups in total. The van der Waals surface area contributed by atoms with Gasteiger partial charge in [-0.1, -0.05) is 86.6 Å². The molecular formula is C29H36N4O3S. The number of anilines is 1. The Balaban J connectivity index is 1.67. The normalized spacial score (nSPS) is 19.8. The summed E-state index contributed by atoms with van der Waals surface area (Å²) >= 11 is 0. The van der Waals surface area contributed by atoms with Crippen molar-refractivity contribution in [3.63, 3.8) is 0 Å². The SMILES string of the molecule is CC(C)c1ccc(N(CC(=O)NC(c2ccccc2)c2ccccc2)S(=O)(=O)C2C(C)NNC2C)cc1. The van der Waals surface area contributed by atoms with Crippen LogP contribution in [0.1, 0.15) is 56.3 Å². The molecule has 8 heteroatoms. The molecule has 0 radical (unpaired) electrons. The number of rotatable bonds is 9. The summed E-state index contributed by atoms with van der Waals surface area (Å²) in [4.78, 5) is 13.5. The van der Waals surface area contributed by atoms with E-state index in [-0.39, 0.29) is 24.5 Å². The molecule has 7 nitrogen and oxygen atoms in total. The molecular weight excluding hydrogens is 484 g/mol. The summed E-state index contributed by atoms with van der Waals surface area (Å²) in [5.74, 6) is -0.0726. The zero-order valence-electron chi connectivity index (χ0n) is 21.8. The fourth-order valence-corrected chi connectivity index (χ4v) is 7.04. The predicted molar refractivity (Wildman–Crippen MR) is 149 cm³/mol. The van der Waals surface area contributed by atoms with Crippen molar-refractivity contribution in [2.24, 2.45) is 0 Å². The van der Waals surface area contributed by atoms with Crippen molar-refractivity contribution in [1.29, 1.82) is 0 Å². The zero-order valence-corrected chi connectivity index (χ0v) is 22.6. The van der Waals surface area contributed by atoms with E-state index in [0.717, 1.165) is 16.7 Å². The fraction of sp³-hybridized carbons (Fsp3) is 0.345. The van der Waals surface area contributed by atoms with E-state index in [2.05, 4.69) is 30.0 Å². The highest BCUT2D eigenvalue weighted by atomic mass is 32.2. The lowest BCUT2D eigenvalue weighted by Crippen LogP contribution is -2.50. The van der Waals surface area contributed by atoms with Crippen molar-refractivity contribution in [3.8, 4) is 0 Å². The highest BCUT2D eigenvalue weighted by molar-refractivity contribution is 7.93. The maximum Gasteiger partial charge on any atom is 0.241 e. The van der Waals surface area contributed by atoms with E-state index < -0.39 is 21.3 Å². The number of amides is 1. The molecule has 1 aliphatic rings. The summed E-state index contributed by atoms with van der Waals surface area (Å²) in [5, 5.41) is 2.36. The summed E-state index contributed by atoms with van der Waals surface area (Å²) in [6.07, 6.45) is 0. The first kappa shape index (κ1) is 26.9. The lowest BCUT2D eigenvalue weighted by atomic mass is 9.99. The third kappa shape index (κ3) is 6.04. The van der Waals surface area contributed by atoms with E-state index in [1.807, 2.05) is 86.6 Å². The van der Waals surface area contributed by atoms with Crippen LogP contribution in [0.15, 0.2) is 84.9 Å². The zero-order chi connectivity index (χ0) is 26.6. The Bertz CT molecular complexity index is 1230. The summed E-state index contributed by atoms with van der Waals surface area (Å²) in [7, 11) is -3.90. The quantitative estimate of drug-likeness (QED) is 0.395. The van der Waals surface area contributed by atoms with Crippen LogP contribution in [0, 0.1) is 0 Å². The monoisotopic (exact) mass is 520 g/mol. The largest absolute Gasteiger partial charge is 0.344 e. The van der Waals surface area contributed by atoms with Crippen molar-refractivity contribution in [2.45, 2.75) is 57.0 Å². The van der Waals surface area contributed by atoms with Crippen LogP contribution in [0.5, 0.6) is 0 Å². The van der Waals surface area contributed by atoms with E-state index in [1.165, 1.54) is 4.31 Å². The third-order valence-electron chi connectivity index (χ3n) is 6.88. The van der Waals surface area contributed by atoms with Crippen LogP contribution in [0.25, 0.3) is 0 Å². The summed E-state index contributed by atoms with van der Waals surface area (Å²) in [5.41, 5.74) is 9.47. The van der Waals surface area contributed by atoms with Crippen molar-refractivity contribution in [1.82, 2.24) is 16.2 Å². The van der Waals surface area contributed by atoms with Crippen LogP contribution < -0.4 is 20.5 Å². The van der Waals surface area contributed by atoms with Crippen LogP contribution in [0.3, 0.4) is 0 Å². The van der Waals surface area contributed by atoms with E-state index in [4.69, 9.17) is 0 Å². The van der Waals surface area contributed by atoms with E-state index >= 15 is 0 Å². The fourth-order valence-electron chi connectivity index (χ4n) is 4.86. The van der Waals surface area contributed by atoms with Gasteiger partial charge in [0, 0.05) is 12.1 Å². The number of carbonyl (C=O) groups is 1. The molecule has 196 valence electrons. The third-order valence-corrected chi connectivity index (χ3v) is 9.34. The van der Waals surface area contributed by atoms with E-state index in [0.29, 0.717) is 11.6 Å². The molecule has 1 fully saturated rings. The molecule has 3 aromatic rings. The highest BCUT2D eigenvalue weighted by Crippen LogP contribution is 2.28. The standard InChI is InChI=1S/C29H36N4O3S/c1-20(2)23-15-17-26(18-16-23)33(37(35,36)29-21(3)31-32-22(29)4)19-27(34)30-28(24-11-7-5-8-12-24)25-13-9-6-10-14-25/h5-18,20-22,28-29,31-32H,19H2,1-4H3,(H,30,34). The van der Waals surface area contributed by atoms with Crippen LogP contribution >= 0.6 is 0 Å². The Hall–Kier alpha value is -3.20. The van der Waals surface area contributed by atoms with Gasteiger partial charge in [0.05, 0.1) is 11.7 Å². The number of hydrazine groups is 1. The van der Waals surface area contributed by atoms with E-state index in [9.17, 15) is 13.2 Å². The molecule has 1 amide bonds. The van der Waals surface area contributed by atoms with Gasteiger partial charge in [-0.2, -0.15) is 0 Å². The average Bonchev–Trinajstić information content (AvgIpc) is 3.25. The molecule has 1 saturated heterocycles. The minimum Gasteiger partial charge on any atom is -0.344 e. The topological polar surface area (TPSA) is 90.5 Å². The predicted octanol–water partition coefficient (Wildman–Crippen LogP) is 4.11. The second-order valence-corrected chi connectivity index (χ2v) is 12.0. The van der Waals surface area contributed by atoms with Crippen molar-refractivity contribution < 1.29 is 13.2 Å². The summed E-state index contributed by atoms with van der Waals surface area (Å²) in [6, 6.07) is 25.8. The number of nitrogens with one attached hydrogen (secondary N) is 3. The number of nitrogens with zero attached hydrogens (tertiary/aromatic N) is 1. The Kier molecular flexibility index (Phi) is 8.32. The lowest BCUT2D eigenvalue weighted by molar-refractivity contribution is -0.120. The number of carbonyl (C=O) groups excluding carboxylic acids is 1. The second-order valence-electron chi connectivity index (χ2n) is 9.95. The van der Waals surface area contributed by atoms with Crippen LogP contribution in [-0.2, 0) is 14.8 Å². The van der Waals surface area contributed by atoms with Crippen molar-refractivity contribution in [3.05, 3.63) is 102 Å².